The van der Waals surface area contributed by atoms with Gasteiger partial charge in [0, 0.05) is 31.2 Å². The van der Waals surface area contributed by atoms with Gasteiger partial charge in [0.05, 0.1) is 15.9 Å². The van der Waals surface area contributed by atoms with Crippen LogP contribution in [0.4, 0.5) is 5.69 Å². The Morgan fingerprint density at radius 3 is 2.76 bits per heavy atom. The zero-order chi connectivity index (χ0) is 15.7. The van der Waals surface area contributed by atoms with E-state index >= 15 is 0 Å². The molecule has 7 nitrogen and oxygen atoms in total. The monoisotopic (exact) mass is 311 g/mol. The summed E-state index contributed by atoms with van der Waals surface area (Å²) in [5.74, 6) is -1.76. The molecule has 0 bridgehead atoms. The van der Waals surface area contributed by atoms with E-state index in [0.717, 1.165) is 0 Å². The van der Waals surface area contributed by atoms with Gasteiger partial charge in [-0.3, -0.25) is 14.9 Å². The number of carboxylic acids is 1. The smallest absolute Gasteiger partial charge is 0.308 e. The van der Waals surface area contributed by atoms with Crippen molar-refractivity contribution in [3.8, 4) is 0 Å². The molecule has 21 heavy (non-hydrogen) atoms. The van der Waals surface area contributed by atoms with Gasteiger partial charge in [0.25, 0.3) is 5.69 Å². The number of halogens is 1. The van der Waals surface area contributed by atoms with Crippen molar-refractivity contribution in [2.75, 3.05) is 6.54 Å². The highest BCUT2D eigenvalue weighted by atomic mass is 35.5. The molecule has 0 spiro atoms. The summed E-state index contributed by atoms with van der Waals surface area (Å²) < 4.78 is 1.59. The van der Waals surface area contributed by atoms with Gasteiger partial charge in [-0.25, -0.2) is 0 Å². The maximum Gasteiger partial charge on any atom is 0.308 e. The molecule has 1 heterocycles. The first-order chi connectivity index (χ1) is 9.86. The minimum absolute atomic E-state index is 0.0156. The third-order valence-electron chi connectivity index (χ3n) is 3.43. The van der Waals surface area contributed by atoms with Crippen LogP contribution in [0.5, 0.6) is 0 Å². The molecule has 112 valence electrons. The van der Waals surface area contributed by atoms with Crippen molar-refractivity contribution in [1.29, 1.82) is 0 Å². The Bertz CT molecular complexity index is 726. The summed E-state index contributed by atoms with van der Waals surface area (Å²) >= 11 is 6.14. The second-order valence-electron chi connectivity index (χ2n) is 4.79. The Morgan fingerprint density at radius 1 is 1.57 bits per heavy atom. The van der Waals surface area contributed by atoms with Crippen LogP contribution in [0.2, 0.25) is 5.02 Å². The summed E-state index contributed by atoms with van der Waals surface area (Å²) in [7, 11) is 1.66. The van der Waals surface area contributed by atoms with Gasteiger partial charge in [0.2, 0.25) is 0 Å². The second-order valence-corrected chi connectivity index (χ2v) is 5.19. The van der Waals surface area contributed by atoms with E-state index in [4.69, 9.17) is 22.4 Å². The minimum Gasteiger partial charge on any atom is -0.481 e. The average molecular weight is 312 g/mol. The molecular formula is C13H14ClN3O4. The first-order valence-electron chi connectivity index (χ1n) is 6.20. The van der Waals surface area contributed by atoms with E-state index in [1.54, 1.807) is 17.8 Å². The van der Waals surface area contributed by atoms with Crippen molar-refractivity contribution in [2.24, 2.45) is 18.7 Å². The lowest BCUT2D eigenvalue weighted by Crippen LogP contribution is -2.25. The number of aromatic nitrogens is 1. The maximum atomic E-state index is 11.1. The quantitative estimate of drug-likeness (QED) is 0.647. The Labute approximate surface area is 125 Å². The number of nitro benzene ring substituents is 1. The Kier molecular flexibility index (Phi) is 4.15. The third-order valence-corrected chi connectivity index (χ3v) is 3.74. The molecule has 0 radical (unpaired) electrons. The van der Waals surface area contributed by atoms with Gasteiger partial charge >= 0.3 is 5.97 Å². The molecule has 1 aromatic carbocycles. The fourth-order valence-corrected chi connectivity index (χ4v) is 2.69. The van der Waals surface area contributed by atoms with Crippen LogP contribution in [0.3, 0.4) is 0 Å². The SMILES string of the molecule is Cn1cc(CC(CN)C(=O)O)c2c(Cl)ccc([N+](=O)[O-])c21. The number of carbonyl (C=O) groups is 1. The Balaban J connectivity index is 2.64. The molecule has 8 heteroatoms. The molecule has 0 aliphatic rings. The van der Waals surface area contributed by atoms with Crippen LogP contribution in [-0.4, -0.2) is 27.1 Å². The molecular weight excluding hydrogens is 298 g/mol. The molecule has 2 rings (SSSR count). The van der Waals surface area contributed by atoms with Gasteiger partial charge in [-0.1, -0.05) is 11.6 Å². The highest BCUT2D eigenvalue weighted by Gasteiger charge is 2.24. The number of non-ortho nitro benzene ring substituents is 1. The minimum atomic E-state index is -1.00. The largest absolute Gasteiger partial charge is 0.481 e. The summed E-state index contributed by atoms with van der Waals surface area (Å²) in [5, 5.41) is 21.1. The van der Waals surface area contributed by atoms with Crippen LogP contribution in [0.25, 0.3) is 10.9 Å². The third kappa shape index (κ3) is 2.70. The number of rotatable bonds is 5. The number of aryl methyl sites for hydroxylation is 1. The van der Waals surface area contributed by atoms with Crippen molar-refractivity contribution in [2.45, 2.75) is 6.42 Å². The fourth-order valence-electron chi connectivity index (χ4n) is 2.42. The molecule has 2 aromatic rings. The normalized spacial score (nSPS) is 12.5. The molecule has 0 saturated carbocycles. The molecule has 0 aliphatic carbocycles. The molecule has 0 saturated heterocycles. The van der Waals surface area contributed by atoms with Crippen LogP contribution in [-0.2, 0) is 18.3 Å². The van der Waals surface area contributed by atoms with Crippen molar-refractivity contribution in [1.82, 2.24) is 4.57 Å². The lowest BCUT2D eigenvalue weighted by atomic mass is 9.99. The molecule has 0 aliphatic heterocycles. The maximum absolute atomic E-state index is 11.1. The van der Waals surface area contributed by atoms with Crippen molar-refractivity contribution in [3.05, 3.63) is 39.0 Å². The van der Waals surface area contributed by atoms with Gasteiger partial charge in [-0.2, -0.15) is 0 Å². The number of nitrogens with two attached hydrogens (primary N) is 1. The van der Waals surface area contributed by atoms with Gasteiger partial charge in [-0.05, 0) is 18.1 Å². The van der Waals surface area contributed by atoms with Crippen LogP contribution in [0, 0.1) is 16.0 Å². The highest BCUT2D eigenvalue weighted by Crippen LogP contribution is 2.35. The number of hydrogen-bond acceptors (Lipinski definition) is 4. The number of benzene rings is 1. The van der Waals surface area contributed by atoms with E-state index in [-0.39, 0.29) is 18.7 Å². The summed E-state index contributed by atoms with van der Waals surface area (Å²) in [4.78, 5) is 21.7. The number of nitro groups is 1. The van der Waals surface area contributed by atoms with Gasteiger partial charge in [0.15, 0.2) is 0 Å². The topological polar surface area (TPSA) is 111 Å². The van der Waals surface area contributed by atoms with E-state index < -0.39 is 16.8 Å². The second kappa shape index (κ2) is 5.71. The van der Waals surface area contributed by atoms with Crippen LogP contribution >= 0.6 is 11.6 Å². The van der Waals surface area contributed by atoms with Gasteiger partial charge < -0.3 is 15.4 Å². The molecule has 0 fully saturated rings. The fraction of sp³-hybridized carbons (Fsp3) is 0.308. The predicted molar refractivity (Wildman–Crippen MR) is 78.5 cm³/mol. The van der Waals surface area contributed by atoms with Gasteiger partial charge in [-0.15, -0.1) is 0 Å². The number of fused-ring (bicyclic) bond motifs is 1. The molecule has 1 atom stereocenters. The van der Waals surface area contributed by atoms with Crippen molar-refractivity contribution in [3.63, 3.8) is 0 Å². The predicted octanol–water partition coefficient (Wildman–Crippen LogP) is 1.94. The van der Waals surface area contributed by atoms with E-state index in [0.29, 0.717) is 21.5 Å². The molecule has 1 unspecified atom stereocenters. The summed E-state index contributed by atoms with van der Waals surface area (Å²) in [5.41, 5.74) is 6.41. The zero-order valence-electron chi connectivity index (χ0n) is 11.2. The summed E-state index contributed by atoms with van der Waals surface area (Å²) in [6.45, 7) is -0.0156. The van der Waals surface area contributed by atoms with E-state index in [1.807, 2.05) is 0 Å². The molecule has 1 aromatic heterocycles. The summed E-state index contributed by atoms with van der Waals surface area (Å²) in [6, 6.07) is 2.79. The van der Waals surface area contributed by atoms with Crippen LogP contribution < -0.4 is 5.73 Å². The van der Waals surface area contributed by atoms with E-state index in [1.165, 1.54) is 12.1 Å². The number of nitrogens with zero attached hydrogens (tertiary/aromatic N) is 2. The van der Waals surface area contributed by atoms with E-state index in [2.05, 4.69) is 0 Å². The molecule has 0 amide bonds. The standard InChI is InChI=1S/C13H14ClN3O4/c1-16-6-8(4-7(5-15)13(18)19)11-9(14)2-3-10(12(11)16)17(20)21/h2-3,6-7H,4-5,15H2,1H3,(H,18,19). The molecule has 3 N–H and O–H groups in total. The Hall–Kier alpha value is -2.12. The van der Waals surface area contributed by atoms with E-state index in [9.17, 15) is 14.9 Å². The van der Waals surface area contributed by atoms with Crippen molar-refractivity contribution < 1.29 is 14.8 Å². The van der Waals surface area contributed by atoms with Crippen LogP contribution in [0.15, 0.2) is 18.3 Å². The number of hydrogen-bond donors (Lipinski definition) is 2. The number of carboxylic acid groups (broad SMARTS) is 1. The number of aliphatic carboxylic acids is 1. The van der Waals surface area contributed by atoms with Gasteiger partial charge in [0.1, 0.15) is 5.52 Å². The van der Waals surface area contributed by atoms with Crippen molar-refractivity contribution >= 4 is 34.2 Å². The first-order valence-corrected chi connectivity index (χ1v) is 6.58. The lowest BCUT2D eigenvalue weighted by Gasteiger charge is -2.08. The first kappa shape index (κ1) is 15.3. The lowest BCUT2D eigenvalue weighted by molar-refractivity contribution is -0.383. The Morgan fingerprint density at radius 2 is 2.24 bits per heavy atom. The summed E-state index contributed by atoms with van der Waals surface area (Å²) in [6.07, 6.45) is 1.83. The zero-order valence-corrected chi connectivity index (χ0v) is 12.0. The van der Waals surface area contributed by atoms with Crippen LogP contribution in [0.1, 0.15) is 5.56 Å². The highest BCUT2D eigenvalue weighted by molar-refractivity contribution is 6.36. The average Bonchev–Trinajstić information content (AvgIpc) is 2.74.